The summed E-state index contributed by atoms with van der Waals surface area (Å²) in [5.41, 5.74) is 2.97. The highest BCUT2D eigenvalue weighted by Gasteiger charge is 2.07. The highest BCUT2D eigenvalue weighted by Crippen LogP contribution is 2.15. The molecule has 0 radical (unpaired) electrons. The molecule has 0 saturated heterocycles. The summed E-state index contributed by atoms with van der Waals surface area (Å²) < 4.78 is 5.57. The summed E-state index contributed by atoms with van der Waals surface area (Å²) in [4.78, 5) is 12.2. The second kappa shape index (κ2) is 6.38. The molecule has 0 aliphatic rings. The molecule has 0 N–H and O–H groups in total. The largest absolute Gasteiger partial charge is 0.491 e. The van der Waals surface area contributed by atoms with Gasteiger partial charge < -0.3 is 4.74 Å². The molecule has 2 nitrogen and oxygen atoms in total. The molecule has 20 heavy (non-hydrogen) atoms. The first kappa shape index (κ1) is 14.3. The summed E-state index contributed by atoms with van der Waals surface area (Å²) >= 11 is 0. The van der Waals surface area contributed by atoms with Crippen molar-refractivity contribution < 1.29 is 9.53 Å². The fraction of sp³-hybridized carbons (Fsp3) is 0.278. The van der Waals surface area contributed by atoms with E-state index in [1.54, 1.807) is 0 Å². The Morgan fingerprint density at radius 3 is 2.15 bits per heavy atom. The van der Waals surface area contributed by atoms with Crippen LogP contribution in [-0.4, -0.2) is 11.9 Å². The third-order valence-electron chi connectivity index (χ3n) is 3.03. The Morgan fingerprint density at radius 1 is 1.00 bits per heavy atom. The van der Waals surface area contributed by atoms with E-state index in [4.69, 9.17) is 4.74 Å². The van der Waals surface area contributed by atoms with Crippen LogP contribution in [0.25, 0.3) is 0 Å². The minimum Gasteiger partial charge on any atom is -0.491 e. The van der Waals surface area contributed by atoms with Crippen molar-refractivity contribution in [1.29, 1.82) is 0 Å². The van der Waals surface area contributed by atoms with E-state index >= 15 is 0 Å². The van der Waals surface area contributed by atoms with Crippen LogP contribution in [-0.2, 0) is 6.42 Å². The number of aryl methyl sites for hydroxylation is 1. The van der Waals surface area contributed by atoms with Crippen LogP contribution in [0.4, 0.5) is 0 Å². The second-order valence-electron chi connectivity index (χ2n) is 5.28. The van der Waals surface area contributed by atoms with Gasteiger partial charge in [-0.25, -0.2) is 0 Å². The number of ether oxygens (including phenoxy) is 1. The summed E-state index contributed by atoms with van der Waals surface area (Å²) in [5.74, 6) is 0.928. The van der Waals surface area contributed by atoms with E-state index in [0.717, 1.165) is 16.9 Å². The van der Waals surface area contributed by atoms with Gasteiger partial charge in [0.2, 0.25) is 0 Å². The molecule has 0 aromatic heterocycles. The van der Waals surface area contributed by atoms with E-state index in [1.165, 1.54) is 5.56 Å². The van der Waals surface area contributed by atoms with Crippen molar-refractivity contribution in [2.45, 2.75) is 33.3 Å². The molecule has 0 saturated carbocycles. The molecule has 0 spiro atoms. The van der Waals surface area contributed by atoms with Gasteiger partial charge >= 0.3 is 0 Å². The van der Waals surface area contributed by atoms with Crippen LogP contribution in [0.1, 0.15) is 35.3 Å². The topological polar surface area (TPSA) is 26.3 Å². The zero-order chi connectivity index (χ0) is 14.5. The van der Waals surface area contributed by atoms with E-state index in [9.17, 15) is 4.79 Å². The van der Waals surface area contributed by atoms with Crippen LogP contribution < -0.4 is 4.74 Å². The lowest BCUT2D eigenvalue weighted by Crippen LogP contribution is -2.06. The number of rotatable bonds is 5. The first-order valence-electron chi connectivity index (χ1n) is 6.90. The van der Waals surface area contributed by atoms with Crippen LogP contribution in [0.3, 0.4) is 0 Å². The van der Waals surface area contributed by atoms with Crippen LogP contribution in [0.2, 0.25) is 0 Å². The van der Waals surface area contributed by atoms with Crippen molar-refractivity contribution in [2.24, 2.45) is 0 Å². The molecule has 0 fully saturated rings. The zero-order valence-corrected chi connectivity index (χ0v) is 12.2. The molecule has 2 rings (SSSR count). The summed E-state index contributed by atoms with van der Waals surface area (Å²) in [6.07, 6.45) is 0.578. The lowest BCUT2D eigenvalue weighted by Gasteiger charge is -2.09. The molecule has 2 aromatic rings. The molecule has 104 valence electrons. The average molecular weight is 268 g/mol. The smallest absolute Gasteiger partial charge is 0.167 e. The molecule has 2 heteroatoms. The number of carbonyl (C=O) groups excluding carboxylic acids is 1. The Morgan fingerprint density at radius 2 is 1.60 bits per heavy atom. The molecule has 0 aliphatic heterocycles. The number of hydrogen-bond donors (Lipinski definition) is 0. The standard InChI is InChI=1S/C18H20O2/c1-13(2)20-17-10-8-16(9-11-17)18(19)12-15-6-4-14(3)5-7-15/h4-11,13H,12H2,1-3H3. The van der Waals surface area contributed by atoms with Crippen LogP contribution in [0.5, 0.6) is 5.75 Å². The number of benzene rings is 2. The van der Waals surface area contributed by atoms with Crippen molar-refractivity contribution in [3.05, 3.63) is 65.2 Å². The van der Waals surface area contributed by atoms with Crippen molar-refractivity contribution in [2.75, 3.05) is 0 Å². The minimum absolute atomic E-state index is 0.130. The van der Waals surface area contributed by atoms with Gasteiger partial charge in [0.1, 0.15) is 5.75 Å². The quantitative estimate of drug-likeness (QED) is 0.759. The first-order valence-corrected chi connectivity index (χ1v) is 6.90. The van der Waals surface area contributed by atoms with Crippen molar-refractivity contribution in [3.8, 4) is 5.75 Å². The van der Waals surface area contributed by atoms with Gasteiger partial charge in [0.05, 0.1) is 6.10 Å². The number of ketones is 1. The highest BCUT2D eigenvalue weighted by molar-refractivity contribution is 5.97. The van der Waals surface area contributed by atoms with Gasteiger partial charge in [0, 0.05) is 12.0 Å². The van der Waals surface area contributed by atoms with E-state index in [1.807, 2.05) is 69.3 Å². The van der Waals surface area contributed by atoms with Crippen LogP contribution in [0, 0.1) is 6.92 Å². The maximum Gasteiger partial charge on any atom is 0.167 e. The maximum atomic E-state index is 12.2. The van der Waals surface area contributed by atoms with Crippen molar-refractivity contribution >= 4 is 5.78 Å². The Bertz CT molecular complexity index is 565. The lowest BCUT2D eigenvalue weighted by molar-refractivity contribution is 0.0993. The predicted octanol–water partition coefficient (Wildman–Crippen LogP) is 4.21. The molecule has 0 amide bonds. The SMILES string of the molecule is Cc1ccc(CC(=O)c2ccc(OC(C)C)cc2)cc1. The summed E-state index contributed by atoms with van der Waals surface area (Å²) in [6, 6.07) is 15.4. The van der Waals surface area contributed by atoms with Crippen LogP contribution in [0.15, 0.2) is 48.5 Å². The molecule has 0 unspecified atom stereocenters. The van der Waals surface area contributed by atoms with Crippen LogP contribution >= 0.6 is 0 Å². The third-order valence-corrected chi connectivity index (χ3v) is 3.03. The zero-order valence-electron chi connectivity index (χ0n) is 12.2. The Kier molecular flexibility index (Phi) is 4.57. The van der Waals surface area contributed by atoms with E-state index in [-0.39, 0.29) is 11.9 Å². The van der Waals surface area contributed by atoms with Gasteiger partial charge in [-0.15, -0.1) is 0 Å². The Labute approximate surface area is 120 Å². The first-order chi connectivity index (χ1) is 9.54. The van der Waals surface area contributed by atoms with Gasteiger partial charge in [-0.05, 0) is 50.6 Å². The molecular formula is C18H20O2. The summed E-state index contributed by atoms with van der Waals surface area (Å²) in [5, 5.41) is 0. The minimum atomic E-state index is 0.130. The molecule has 2 aromatic carbocycles. The van der Waals surface area contributed by atoms with Gasteiger partial charge in [0.25, 0.3) is 0 Å². The molecular weight excluding hydrogens is 248 g/mol. The van der Waals surface area contributed by atoms with Crippen molar-refractivity contribution in [1.82, 2.24) is 0 Å². The number of Topliss-reactive ketones (excluding diaryl/α,β-unsaturated/α-hetero) is 1. The molecule has 0 heterocycles. The second-order valence-corrected chi connectivity index (χ2v) is 5.28. The van der Waals surface area contributed by atoms with E-state index in [2.05, 4.69) is 0 Å². The summed E-state index contributed by atoms with van der Waals surface area (Å²) in [7, 11) is 0. The molecule has 0 atom stereocenters. The average Bonchev–Trinajstić information content (AvgIpc) is 2.41. The third kappa shape index (κ3) is 3.95. The van der Waals surface area contributed by atoms with Gasteiger partial charge in [-0.2, -0.15) is 0 Å². The maximum absolute atomic E-state index is 12.2. The molecule has 0 aliphatic carbocycles. The van der Waals surface area contributed by atoms with Gasteiger partial charge in [-0.1, -0.05) is 29.8 Å². The number of hydrogen-bond acceptors (Lipinski definition) is 2. The fourth-order valence-corrected chi connectivity index (χ4v) is 1.98. The fourth-order valence-electron chi connectivity index (χ4n) is 1.98. The van der Waals surface area contributed by atoms with E-state index < -0.39 is 0 Å². The Balaban J connectivity index is 2.03. The predicted molar refractivity (Wildman–Crippen MR) is 81.4 cm³/mol. The van der Waals surface area contributed by atoms with Gasteiger partial charge in [-0.3, -0.25) is 4.79 Å². The molecule has 0 bridgehead atoms. The monoisotopic (exact) mass is 268 g/mol. The highest BCUT2D eigenvalue weighted by atomic mass is 16.5. The lowest BCUT2D eigenvalue weighted by atomic mass is 10.0. The normalized spacial score (nSPS) is 10.6. The Hall–Kier alpha value is -2.09. The number of carbonyl (C=O) groups is 1. The van der Waals surface area contributed by atoms with Gasteiger partial charge in [0.15, 0.2) is 5.78 Å². The summed E-state index contributed by atoms with van der Waals surface area (Å²) in [6.45, 7) is 6.01. The van der Waals surface area contributed by atoms with Crippen molar-refractivity contribution in [3.63, 3.8) is 0 Å². The van der Waals surface area contributed by atoms with E-state index in [0.29, 0.717) is 6.42 Å².